The summed E-state index contributed by atoms with van der Waals surface area (Å²) in [6.45, 7) is 0.651. The molecule has 1 fully saturated rings. The molecule has 0 bridgehead atoms. The summed E-state index contributed by atoms with van der Waals surface area (Å²) in [7, 11) is 0. The van der Waals surface area contributed by atoms with E-state index in [9.17, 15) is 18.4 Å². The van der Waals surface area contributed by atoms with Crippen LogP contribution >= 0.6 is 0 Å². The lowest BCUT2D eigenvalue weighted by Gasteiger charge is -2.31. The van der Waals surface area contributed by atoms with Crippen molar-refractivity contribution in [3.63, 3.8) is 0 Å². The van der Waals surface area contributed by atoms with Crippen LogP contribution in [0.4, 0.5) is 14.6 Å². The third-order valence-electron chi connectivity index (χ3n) is 5.18. The molecule has 1 aromatic heterocycles. The van der Waals surface area contributed by atoms with Crippen LogP contribution in [0.25, 0.3) is 5.69 Å². The first kappa shape index (κ1) is 19.8. The molecule has 0 atom stereocenters. The van der Waals surface area contributed by atoms with E-state index in [-0.39, 0.29) is 17.4 Å². The number of halogens is 2. The molecule has 8 heteroatoms. The molecule has 30 heavy (non-hydrogen) atoms. The van der Waals surface area contributed by atoms with E-state index in [1.807, 2.05) is 30.3 Å². The van der Waals surface area contributed by atoms with Gasteiger partial charge in [-0.05, 0) is 37.1 Å². The summed E-state index contributed by atoms with van der Waals surface area (Å²) in [6.07, 6.45) is 2.68. The standard InChI is InChI=1S/C22H20F2N4O2/c23-16-6-7-18(19(24)14-16)22(30)27-11-8-15(9-12-27)21(29)25-20-10-13-28(26-20)17-4-2-1-3-5-17/h1-7,10,13-15H,8-9,11-12H2,(H,25,26,29). The second-order valence-corrected chi connectivity index (χ2v) is 7.16. The Hall–Kier alpha value is -3.55. The summed E-state index contributed by atoms with van der Waals surface area (Å²) in [5.41, 5.74) is 0.726. The number of piperidine rings is 1. The SMILES string of the molecule is O=C(Nc1ccn(-c2ccccc2)n1)C1CCN(C(=O)c2ccc(F)cc2F)CC1. The van der Waals surface area contributed by atoms with Crippen LogP contribution in [0.3, 0.4) is 0 Å². The molecule has 0 spiro atoms. The maximum absolute atomic E-state index is 13.9. The zero-order chi connectivity index (χ0) is 21.1. The molecule has 0 aliphatic carbocycles. The lowest BCUT2D eigenvalue weighted by Crippen LogP contribution is -2.41. The second-order valence-electron chi connectivity index (χ2n) is 7.16. The predicted molar refractivity (Wildman–Crippen MR) is 107 cm³/mol. The van der Waals surface area contributed by atoms with Crippen LogP contribution < -0.4 is 5.32 Å². The van der Waals surface area contributed by atoms with Crippen molar-refractivity contribution in [1.82, 2.24) is 14.7 Å². The molecule has 3 aromatic rings. The van der Waals surface area contributed by atoms with Gasteiger partial charge in [0.2, 0.25) is 5.91 Å². The third kappa shape index (κ3) is 4.22. The number of likely N-dealkylation sites (tertiary alicyclic amines) is 1. The molecule has 2 amide bonds. The average Bonchev–Trinajstić information content (AvgIpc) is 3.22. The van der Waals surface area contributed by atoms with Gasteiger partial charge in [-0.15, -0.1) is 0 Å². The first-order valence-electron chi connectivity index (χ1n) is 9.67. The van der Waals surface area contributed by atoms with Gasteiger partial charge in [0.25, 0.3) is 5.91 Å². The number of hydrogen-bond donors (Lipinski definition) is 1. The number of rotatable bonds is 4. The van der Waals surface area contributed by atoms with Crippen LogP contribution in [0, 0.1) is 17.6 Å². The monoisotopic (exact) mass is 410 g/mol. The molecule has 0 radical (unpaired) electrons. The maximum Gasteiger partial charge on any atom is 0.256 e. The average molecular weight is 410 g/mol. The van der Waals surface area contributed by atoms with Crippen molar-refractivity contribution in [2.24, 2.45) is 5.92 Å². The van der Waals surface area contributed by atoms with Gasteiger partial charge in [-0.1, -0.05) is 18.2 Å². The van der Waals surface area contributed by atoms with E-state index >= 15 is 0 Å². The Bertz CT molecular complexity index is 1060. The van der Waals surface area contributed by atoms with E-state index in [4.69, 9.17) is 0 Å². The van der Waals surface area contributed by atoms with Gasteiger partial charge in [-0.2, -0.15) is 5.10 Å². The molecular formula is C22H20F2N4O2. The van der Waals surface area contributed by atoms with Crippen molar-refractivity contribution < 1.29 is 18.4 Å². The number of anilines is 1. The Kier molecular flexibility index (Phi) is 5.56. The van der Waals surface area contributed by atoms with Crippen LogP contribution in [-0.4, -0.2) is 39.6 Å². The highest BCUT2D eigenvalue weighted by atomic mass is 19.1. The largest absolute Gasteiger partial charge is 0.339 e. The van der Waals surface area contributed by atoms with Gasteiger partial charge < -0.3 is 10.2 Å². The molecule has 0 unspecified atom stereocenters. The molecule has 1 aliphatic heterocycles. The number of aromatic nitrogens is 2. The number of nitrogens with one attached hydrogen (secondary N) is 1. The van der Waals surface area contributed by atoms with E-state index < -0.39 is 17.5 Å². The van der Waals surface area contributed by atoms with Gasteiger partial charge >= 0.3 is 0 Å². The van der Waals surface area contributed by atoms with Crippen LogP contribution in [0.5, 0.6) is 0 Å². The van der Waals surface area contributed by atoms with Gasteiger partial charge in [0.15, 0.2) is 5.82 Å². The van der Waals surface area contributed by atoms with E-state index in [1.165, 1.54) is 4.90 Å². The highest BCUT2D eigenvalue weighted by Crippen LogP contribution is 2.22. The summed E-state index contributed by atoms with van der Waals surface area (Å²) in [5.74, 6) is -2.07. The summed E-state index contributed by atoms with van der Waals surface area (Å²) in [5, 5.41) is 7.18. The van der Waals surface area contributed by atoms with Crippen molar-refractivity contribution in [1.29, 1.82) is 0 Å². The highest BCUT2D eigenvalue weighted by Gasteiger charge is 2.29. The quantitative estimate of drug-likeness (QED) is 0.714. The van der Waals surface area contributed by atoms with Gasteiger partial charge in [-0.3, -0.25) is 9.59 Å². The summed E-state index contributed by atoms with van der Waals surface area (Å²) >= 11 is 0. The first-order valence-corrected chi connectivity index (χ1v) is 9.67. The molecule has 4 rings (SSSR count). The predicted octanol–water partition coefficient (Wildman–Crippen LogP) is 3.64. The van der Waals surface area contributed by atoms with E-state index in [0.717, 1.165) is 17.8 Å². The molecule has 1 saturated heterocycles. The number of para-hydroxylation sites is 1. The van der Waals surface area contributed by atoms with Crippen molar-refractivity contribution in [2.45, 2.75) is 12.8 Å². The molecule has 6 nitrogen and oxygen atoms in total. The third-order valence-corrected chi connectivity index (χ3v) is 5.18. The van der Waals surface area contributed by atoms with Crippen molar-refractivity contribution >= 4 is 17.6 Å². The molecule has 154 valence electrons. The van der Waals surface area contributed by atoms with Gasteiger partial charge in [0, 0.05) is 37.3 Å². The summed E-state index contributed by atoms with van der Waals surface area (Å²) < 4.78 is 28.6. The normalized spacial score (nSPS) is 14.5. The number of benzene rings is 2. The minimum absolute atomic E-state index is 0.159. The van der Waals surface area contributed by atoms with Crippen molar-refractivity contribution in [3.8, 4) is 5.69 Å². The zero-order valence-electron chi connectivity index (χ0n) is 16.1. The molecule has 1 N–H and O–H groups in total. The Balaban J connectivity index is 1.33. The molecular weight excluding hydrogens is 390 g/mol. The summed E-state index contributed by atoms with van der Waals surface area (Å²) in [4.78, 5) is 26.6. The van der Waals surface area contributed by atoms with E-state index in [2.05, 4.69) is 10.4 Å². The lowest BCUT2D eigenvalue weighted by atomic mass is 9.95. The van der Waals surface area contributed by atoms with E-state index in [0.29, 0.717) is 37.8 Å². The number of carbonyl (C=O) groups is 2. The summed E-state index contributed by atoms with van der Waals surface area (Å²) in [6, 6.07) is 14.2. The van der Waals surface area contributed by atoms with Gasteiger partial charge in [-0.25, -0.2) is 13.5 Å². The van der Waals surface area contributed by atoms with Gasteiger partial charge in [0.1, 0.15) is 11.6 Å². The topological polar surface area (TPSA) is 67.2 Å². The zero-order valence-corrected chi connectivity index (χ0v) is 16.1. The molecule has 2 heterocycles. The number of hydrogen-bond acceptors (Lipinski definition) is 3. The minimum Gasteiger partial charge on any atom is -0.339 e. The number of amides is 2. The molecule has 1 aliphatic rings. The van der Waals surface area contributed by atoms with E-state index in [1.54, 1.807) is 16.9 Å². The van der Waals surface area contributed by atoms with Gasteiger partial charge in [0.05, 0.1) is 11.3 Å². The van der Waals surface area contributed by atoms with Crippen molar-refractivity contribution in [3.05, 3.63) is 78.0 Å². The Morgan fingerprint density at radius 1 is 1.00 bits per heavy atom. The maximum atomic E-state index is 13.9. The fourth-order valence-corrected chi connectivity index (χ4v) is 3.52. The Morgan fingerprint density at radius 3 is 2.43 bits per heavy atom. The second kappa shape index (κ2) is 8.44. The fourth-order valence-electron chi connectivity index (χ4n) is 3.52. The van der Waals surface area contributed by atoms with Crippen LogP contribution in [0.15, 0.2) is 60.8 Å². The Labute approximate surface area is 172 Å². The number of nitrogens with zero attached hydrogens (tertiary/aromatic N) is 3. The first-order chi connectivity index (χ1) is 14.5. The molecule has 2 aromatic carbocycles. The lowest BCUT2D eigenvalue weighted by molar-refractivity contribution is -0.121. The van der Waals surface area contributed by atoms with Crippen molar-refractivity contribution in [2.75, 3.05) is 18.4 Å². The molecule has 0 saturated carbocycles. The minimum atomic E-state index is -0.881. The smallest absolute Gasteiger partial charge is 0.256 e. The highest BCUT2D eigenvalue weighted by molar-refractivity contribution is 5.95. The Morgan fingerprint density at radius 2 is 1.73 bits per heavy atom. The number of carbonyl (C=O) groups excluding carboxylic acids is 2. The van der Waals surface area contributed by atoms with Crippen LogP contribution in [0.1, 0.15) is 23.2 Å². The van der Waals surface area contributed by atoms with Crippen LogP contribution in [0.2, 0.25) is 0 Å². The van der Waals surface area contributed by atoms with Crippen LogP contribution in [-0.2, 0) is 4.79 Å². The fraction of sp³-hybridized carbons (Fsp3) is 0.227.